The van der Waals surface area contributed by atoms with Gasteiger partial charge in [-0.1, -0.05) is 6.92 Å². The van der Waals surface area contributed by atoms with E-state index in [-0.39, 0.29) is 24.1 Å². The molecule has 0 aliphatic rings. The molecule has 0 bridgehead atoms. The van der Waals surface area contributed by atoms with E-state index in [1.54, 1.807) is 6.20 Å². The van der Waals surface area contributed by atoms with Gasteiger partial charge in [-0.2, -0.15) is 5.10 Å². The van der Waals surface area contributed by atoms with Gasteiger partial charge in [0.1, 0.15) is 9.90 Å². The van der Waals surface area contributed by atoms with Crippen LogP contribution in [0, 0.1) is 0 Å². The van der Waals surface area contributed by atoms with E-state index >= 15 is 0 Å². The molecule has 20 heavy (non-hydrogen) atoms. The van der Waals surface area contributed by atoms with Gasteiger partial charge in [0.15, 0.2) is 0 Å². The molecule has 0 aromatic carbocycles. The van der Waals surface area contributed by atoms with Crippen LogP contribution < -0.4 is 4.72 Å². The molecule has 0 spiro atoms. The van der Waals surface area contributed by atoms with Crippen molar-refractivity contribution in [3.63, 3.8) is 0 Å². The van der Waals surface area contributed by atoms with E-state index < -0.39 is 10.0 Å². The van der Waals surface area contributed by atoms with Crippen LogP contribution in [0.3, 0.4) is 0 Å². The van der Waals surface area contributed by atoms with Gasteiger partial charge in [-0.05, 0) is 6.42 Å². The highest BCUT2D eigenvalue weighted by molar-refractivity contribution is 7.89. The molecule has 2 aromatic heterocycles. The van der Waals surface area contributed by atoms with E-state index in [1.165, 1.54) is 28.4 Å². The summed E-state index contributed by atoms with van der Waals surface area (Å²) in [6, 6.07) is -0.346. The molecule has 2 aromatic rings. The summed E-state index contributed by atoms with van der Waals surface area (Å²) in [5.74, 6) is 0. The summed E-state index contributed by atoms with van der Waals surface area (Å²) < 4.78 is 28.5. The predicted molar refractivity (Wildman–Crippen MR) is 74.8 cm³/mol. The lowest BCUT2D eigenvalue weighted by Gasteiger charge is -2.13. The minimum absolute atomic E-state index is 0.0842. The molecule has 0 amide bonds. The Kier molecular flexibility index (Phi) is 4.86. The molecule has 0 radical (unpaired) electrons. The molecule has 9 heteroatoms. The minimum atomic E-state index is -3.64. The molecule has 2 heterocycles. The first-order chi connectivity index (χ1) is 9.56. The van der Waals surface area contributed by atoms with Crippen LogP contribution in [0.15, 0.2) is 28.9 Å². The van der Waals surface area contributed by atoms with E-state index in [2.05, 4.69) is 14.8 Å². The molecule has 0 saturated carbocycles. The third kappa shape index (κ3) is 3.42. The number of hydrogen-bond donors (Lipinski definition) is 2. The van der Waals surface area contributed by atoms with Crippen LogP contribution >= 0.6 is 11.3 Å². The summed E-state index contributed by atoms with van der Waals surface area (Å²) in [4.78, 5) is 4.22. The van der Waals surface area contributed by atoms with Crippen molar-refractivity contribution in [2.75, 3.05) is 6.61 Å². The average molecular weight is 316 g/mol. The lowest BCUT2D eigenvalue weighted by molar-refractivity contribution is 0.269. The van der Waals surface area contributed by atoms with E-state index in [1.807, 2.05) is 12.3 Å². The van der Waals surface area contributed by atoms with Crippen molar-refractivity contribution < 1.29 is 13.5 Å². The van der Waals surface area contributed by atoms with Gasteiger partial charge in [0.2, 0.25) is 10.0 Å². The lowest BCUT2D eigenvalue weighted by Crippen LogP contribution is -2.28. The van der Waals surface area contributed by atoms with Crippen LogP contribution in [0.5, 0.6) is 0 Å². The molecule has 0 saturated heterocycles. The van der Waals surface area contributed by atoms with Crippen molar-refractivity contribution in [3.05, 3.63) is 29.0 Å². The SMILES string of the molecule is CCC(NS(=O)(=O)c1cnn(CCO)c1)c1nccs1. The number of rotatable bonds is 7. The summed E-state index contributed by atoms with van der Waals surface area (Å²) in [6.07, 6.45) is 4.92. The summed E-state index contributed by atoms with van der Waals surface area (Å²) in [5.41, 5.74) is 0. The Morgan fingerprint density at radius 2 is 2.35 bits per heavy atom. The highest BCUT2D eigenvalue weighted by Gasteiger charge is 2.23. The summed E-state index contributed by atoms with van der Waals surface area (Å²) in [6.45, 7) is 2.06. The molecular formula is C11H16N4O3S2. The number of sulfonamides is 1. The first kappa shape index (κ1) is 15.1. The Bertz CT molecular complexity index is 636. The zero-order chi connectivity index (χ0) is 14.6. The Hall–Kier alpha value is -1.29. The molecule has 1 unspecified atom stereocenters. The number of aliphatic hydroxyl groups excluding tert-OH is 1. The van der Waals surface area contributed by atoms with Crippen molar-refractivity contribution in [2.24, 2.45) is 0 Å². The van der Waals surface area contributed by atoms with Gasteiger partial charge >= 0.3 is 0 Å². The second kappa shape index (κ2) is 6.44. The Labute approximate surface area is 121 Å². The number of thiazole rings is 1. The molecule has 0 aliphatic carbocycles. The maximum atomic E-state index is 12.3. The normalized spacial score (nSPS) is 13.5. The largest absolute Gasteiger partial charge is 0.394 e. The molecule has 1 atom stereocenters. The third-order valence-electron chi connectivity index (χ3n) is 2.70. The zero-order valence-corrected chi connectivity index (χ0v) is 12.6. The van der Waals surface area contributed by atoms with Gasteiger partial charge in [0, 0.05) is 17.8 Å². The van der Waals surface area contributed by atoms with Gasteiger partial charge < -0.3 is 5.11 Å². The average Bonchev–Trinajstić information content (AvgIpc) is 3.07. The predicted octanol–water partition coefficient (Wildman–Crippen LogP) is 0.761. The standard InChI is InChI=1S/C11H16N4O3S2/c1-2-10(11-12-3-6-19-11)14-20(17,18)9-7-13-15(8-9)4-5-16/h3,6-8,10,14,16H,2,4-5H2,1H3. The van der Waals surface area contributed by atoms with Crippen LogP contribution in [0.2, 0.25) is 0 Å². The van der Waals surface area contributed by atoms with Crippen molar-refractivity contribution in [2.45, 2.75) is 30.8 Å². The highest BCUT2D eigenvalue weighted by atomic mass is 32.2. The second-order valence-electron chi connectivity index (χ2n) is 4.12. The molecule has 7 nitrogen and oxygen atoms in total. The second-order valence-corrected chi connectivity index (χ2v) is 6.76. The monoisotopic (exact) mass is 316 g/mol. The Balaban J connectivity index is 2.17. The van der Waals surface area contributed by atoms with Crippen molar-refractivity contribution >= 4 is 21.4 Å². The zero-order valence-electron chi connectivity index (χ0n) is 10.9. The number of nitrogens with zero attached hydrogens (tertiary/aromatic N) is 3. The molecule has 110 valence electrons. The first-order valence-corrected chi connectivity index (χ1v) is 8.48. The fourth-order valence-electron chi connectivity index (χ4n) is 1.68. The third-order valence-corrected chi connectivity index (χ3v) is 5.02. The molecule has 0 aliphatic heterocycles. The molecule has 2 N–H and O–H groups in total. The summed E-state index contributed by atoms with van der Waals surface area (Å²) in [7, 11) is -3.64. The fourth-order valence-corrected chi connectivity index (χ4v) is 3.76. The van der Waals surface area contributed by atoms with E-state index in [4.69, 9.17) is 5.11 Å². The smallest absolute Gasteiger partial charge is 0.244 e. The van der Waals surface area contributed by atoms with Gasteiger partial charge in [0.25, 0.3) is 0 Å². The van der Waals surface area contributed by atoms with Gasteiger partial charge in [0.05, 0.1) is 25.4 Å². The highest BCUT2D eigenvalue weighted by Crippen LogP contribution is 2.21. The maximum Gasteiger partial charge on any atom is 0.244 e. The Morgan fingerprint density at radius 1 is 1.55 bits per heavy atom. The maximum absolute atomic E-state index is 12.3. The van der Waals surface area contributed by atoms with Crippen molar-refractivity contribution in [1.29, 1.82) is 0 Å². The molecule has 2 rings (SSSR count). The quantitative estimate of drug-likeness (QED) is 0.786. The van der Waals surface area contributed by atoms with E-state index in [0.717, 1.165) is 5.01 Å². The number of nitrogens with one attached hydrogen (secondary N) is 1. The molecular weight excluding hydrogens is 300 g/mol. The van der Waals surface area contributed by atoms with Gasteiger partial charge in [-0.3, -0.25) is 4.68 Å². The van der Waals surface area contributed by atoms with Crippen molar-refractivity contribution in [3.8, 4) is 0 Å². The van der Waals surface area contributed by atoms with E-state index in [0.29, 0.717) is 6.42 Å². The number of aliphatic hydroxyl groups is 1. The molecule has 0 fully saturated rings. The van der Waals surface area contributed by atoms with Crippen LogP contribution in [0.4, 0.5) is 0 Å². The topological polar surface area (TPSA) is 97.1 Å². The number of hydrogen-bond acceptors (Lipinski definition) is 6. The Morgan fingerprint density at radius 3 is 2.95 bits per heavy atom. The van der Waals surface area contributed by atoms with Crippen LogP contribution in [-0.4, -0.2) is 34.9 Å². The summed E-state index contributed by atoms with van der Waals surface area (Å²) in [5, 5.41) is 15.2. The number of aromatic nitrogens is 3. The van der Waals surface area contributed by atoms with E-state index in [9.17, 15) is 8.42 Å². The van der Waals surface area contributed by atoms with Gasteiger partial charge in [-0.15, -0.1) is 11.3 Å². The van der Waals surface area contributed by atoms with Crippen LogP contribution in [0.1, 0.15) is 24.4 Å². The van der Waals surface area contributed by atoms with Crippen LogP contribution in [-0.2, 0) is 16.6 Å². The van der Waals surface area contributed by atoms with Crippen LogP contribution in [0.25, 0.3) is 0 Å². The first-order valence-electron chi connectivity index (χ1n) is 6.12. The van der Waals surface area contributed by atoms with Gasteiger partial charge in [-0.25, -0.2) is 18.1 Å². The fraction of sp³-hybridized carbons (Fsp3) is 0.455. The lowest BCUT2D eigenvalue weighted by atomic mass is 10.3. The minimum Gasteiger partial charge on any atom is -0.394 e. The van der Waals surface area contributed by atoms with Crippen molar-refractivity contribution in [1.82, 2.24) is 19.5 Å². The summed E-state index contributed by atoms with van der Waals surface area (Å²) >= 11 is 1.41.